The number of nitrogens with one attached hydrogen (secondary N) is 1. The Morgan fingerprint density at radius 2 is 1.73 bits per heavy atom. The lowest BCUT2D eigenvalue weighted by molar-refractivity contribution is -0.144. The maximum Gasteiger partial charge on any atom is 0.328 e. The molecule has 2 unspecified atom stereocenters. The van der Waals surface area contributed by atoms with E-state index in [4.69, 9.17) is 18.9 Å². The van der Waals surface area contributed by atoms with Gasteiger partial charge < -0.3 is 29.2 Å². The van der Waals surface area contributed by atoms with E-state index < -0.39 is 30.0 Å². The zero-order chi connectivity index (χ0) is 21.7. The van der Waals surface area contributed by atoms with Crippen molar-refractivity contribution in [2.75, 3.05) is 33.2 Å². The summed E-state index contributed by atoms with van der Waals surface area (Å²) in [5.74, 6) is -0.0369. The van der Waals surface area contributed by atoms with Gasteiger partial charge >= 0.3 is 12.0 Å². The Kier molecular flexibility index (Phi) is 6.61. The van der Waals surface area contributed by atoms with Crippen molar-refractivity contribution in [3.05, 3.63) is 48.3 Å². The summed E-state index contributed by atoms with van der Waals surface area (Å²) in [6.07, 6.45) is -0.396. The highest BCUT2D eigenvalue weighted by atomic mass is 19.1. The maximum absolute atomic E-state index is 13.9. The molecule has 1 aliphatic rings. The average molecular weight is 418 g/mol. The van der Waals surface area contributed by atoms with Gasteiger partial charge in [-0.25, -0.2) is 14.0 Å². The molecule has 2 aromatic carbocycles. The van der Waals surface area contributed by atoms with Crippen LogP contribution in [0.2, 0.25) is 0 Å². The summed E-state index contributed by atoms with van der Waals surface area (Å²) in [4.78, 5) is 26.4. The van der Waals surface area contributed by atoms with E-state index in [9.17, 15) is 14.0 Å². The van der Waals surface area contributed by atoms with E-state index >= 15 is 0 Å². The molecule has 160 valence electrons. The molecule has 0 aliphatic carbocycles. The van der Waals surface area contributed by atoms with Crippen molar-refractivity contribution in [3.8, 4) is 17.2 Å². The SMILES string of the molecule is COC(=O)C1CC(Oc2ccccc2F)CN1C(=O)Nc1cc(OC)cc(OC)c1. The van der Waals surface area contributed by atoms with Crippen molar-refractivity contribution >= 4 is 17.7 Å². The number of nitrogens with zero attached hydrogens (tertiary/aromatic N) is 1. The lowest BCUT2D eigenvalue weighted by Gasteiger charge is -2.23. The highest BCUT2D eigenvalue weighted by Crippen LogP contribution is 2.29. The number of anilines is 1. The number of rotatable bonds is 6. The fraction of sp³-hybridized carbons (Fsp3) is 0.333. The van der Waals surface area contributed by atoms with E-state index in [-0.39, 0.29) is 18.7 Å². The summed E-state index contributed by atoms with van der Waals surface area (Å²) >= 11 is 0. The second-order valence-electron chi connectivity index (χ2n) is 6.63. The predicted molar refractivity (Wildman–Crippen MR) is 107 cm³/mol. The Bertz CT molecular complexity index is 900. The topological polar surface area (TPSA) is 86.3 Å². The Labute approximate surface area is 173 Å². The van der Waals surface area contributed by atoms with E-state index in [0.717, 1.165) is 0 Å². The van der Waals surface area contributed by atoms with Crippen molar-refractivity contribution in [2.45, 2.75) is 18.6 Å². The number of ether oxygens (including phenoxy) is 4. The lowest BCUT2D eigenvalue weighted by Crippen LogP contribution is -2.43. The van der Waals surface area contributed by atoms with E-state index in [1.165, 1.54) is 38.4 Å². The monoisotopic (exact) mass is 418 g/mol. The molecule has 30 heavy (non-hydrogen) atoms. The largest absolute Gasteiger partial charge is 0.497 e. The number of amides is 2. The first kappa shape index (κ1) is 21.2. The number of carbonyl (C=O) groups excluding carboxylic acids is 2. The molecule has 1 N–H and O–H groups in total. The standard InChI is InChI=1S/C21H23FN2O6/c1-27-14-8-13(9-15(10-14)28-2)23-21(26)24-12-16(11-18(24)20(25)29-3)30-19-7-5-4-6-17(19)22/h4-10,16,18H,11-12H2,1-3H3,(H,23,26). The zero-order valence-electron chi connectivity index (χ0n) is 16.9. The van der Waals surface area contributed by atoms with Gasteiger partial charge in [-0.2, -0.15) is 0 Å². The third kappa shape index (κ3) is 4.73. The summed E-state index contributed by atoms with van der Waals surface area (Å²) in [7, 11) is 4.24. The van der Waals surface area contributed by atoms with Gasteiger partial charge in [0.05, 0.1) is 27.9 Å². The number of hydrogen-bond donors (Lipinski definition) is 1. The van der Waals surface area contributed by atoms with Gasteiger partial charge in [-0.15, -0.1) is 0 Å². The van der Waals surface area contributed by atoms with Crippen molar-refractivity contribution in [1.82, 2.24) is 4.90 Å². The van der Waals surface area contributed by atoms with Crippen molar-refractivity contribution in [1.29, 1.82) is 0 Å². The van der Waals surface area contributed by atoms with Crippen LogP contribution in [-0.2, 0) is 9.53 Å². The van der Waals surface area contributed by atoms with Gasteiger partial charge in [-0.05, 0) is 12.1 Å². The highest BCUT2D eigenvalue weighted by molar-refractivity contribution is 5.93. The van der Waals surface area contributed by atoms with Crippen LogP contribution in [0.4, 0.5) is 14.9 Å². The van der Waals surface area contributed by atoms with Gasteiger partial charge in [0.2, 0.25) is 0 Å². The van der Waals surface area contributed by atoms with Crippen molar-refractivity contribution in [2.24, 2.45) is 0 Å². The van der Waals surface area contributed by atoms with Crippen LogP contribution in [0.1, 0.15) is 6.42 Å². The first-order valence-corrected chi connectivity index (χ1v) is 9.25. The minimum atomic E-state index is -0.862. The molecule has 0 spiro atoms. The van der Waals surface area contributed by atoms with Gasteiger partial charge in [0.25, 0.3) is 0 Å². The number of benzene rings is 2. The minimum absolute atomic E-state index is 0.0610. The first-order valence-electron chi connectivity index (χ1n) is 9.25. The Hall–Kier alpha value is -3.49. The number of likely N-dealkylation sites (tertiary alicyclic amines) is 1. The number of esters is 1. The molecule has 1 saturated heterocycles. The van der Waals surface area contributed by atoms with E-state index in [1.54, 1.807) is 30.3 Å². The first-order chi connectivity index (χ1) is 14.4. The molecule has 0 saturated carbocycles. The molecule has 2 aromatic rings. The smallest absolute Gasteiger partial charge is 0.328 e. The normalized spacial score (nSPS) is 17.9. The molecule has 0 radical (unpaired) electrons. The number of urea groups is 1. The molecule has 1 heterocycles. The zero-order valence-corrected chi connectivity index (χ0v) is 16.9. The molecule has 1 aliphatic heterocycles. The molecule has 1 fully saturated rings. The number of halogens is 1. The molecule has 0 aromatic heterocycles. The highest BCUT2D eigenvalue weighted by Gasteiger charge is 2.42. The van der Waals surface area contributed by atoms with Crippen LogP contribution in [0, 0.1) is 5.82 Å². The van der Waals surface area contributed by atoms with Gasteiger partial charge in [-0.1, -0.05) is 12.1 Å². The summed E-state index contributed by atoms with van der Waals surface area (Å²) < 4.78 is 34.8. The summed E-state index contributed by atoms with van der Waals surface area (Å²) in [6, 6.07) is 9.49. The van der Waals surface area contributed by atoms with Crippen LogP contribution in [0.3, 0.4) is 0 Å². The summed E-state index contributed by atoms with van der Waals surface area (Å²) in [5.41, 5.74) is 0.429. The molecule has 8 nitrogen and oxygen atoms in total. The molecular weight excluding hydrogens is 395 g/mol. The van der Waals surface area contributed by atoms with Gasteiger partial charge in [0.1, 0.15) is 23.6 Å². The Balaban J connectivity index is 1.77. The molecule has 9 heteroatoms. The fourth-order valence-electron chi connectivity index (χ4n) is 3.26. The van der Waals surface area contributed by atoms with Crippen LogP contribution in [0.5, 0.6) is 17.2 Å². The van der Waals surface area contributed by atoms with Crippen LogP contribution < -0.4 is 19.5 Å². The fourth-order valence-corrected chi connectivity index (χ4v) is 3.26. The van der Waals surface area contributed by atoms with Crippen LogP contribution in [0.25, 0.3) is 0 Å². The predicted octanol–water partition coefficient (Wildman–Crippen LogP) is 3.07. The second-order valence-corrected chi connectivity index (χ2v) is 6.63. The lowest BCUT2D eigenvalue weighted by atomic mass is 10.2. The third-order valence-corrected chi connectivity index (χ3v) is 4.73. The van der Waals surface area contributed by atoms with E-state index in [1.807, 2.05) is 0 Å². The van der Waals surface area contributed by atoms with Gasteiger partial charge in [-0.3, -0.25) is 0 Å². The Morgan fingerprint density at radius 3 is 2.33 bits per heavy atom. The van der Waals surface area contributed by atoms with Crippen molar-refractivity contribution in [3.63, 3.8) is 0 Å². The van der Waals surface area contributed by atoms with Crippen LogP contribution in [-0.4, -0.2) is 56.9 Å². The summed E-state index contributed by atoms with van der Waals surface area (Å²) in [5, 5.41) is 2.73. The number of para-hydroxylation sites is 1. The molecule has 2 atom stereocenters. The molecule has 0 bridgehead atoms. The van der Waals surface area contributed by atoms with Crippen molar-refractivity contribution < 1.29 is 32.9 Å². The van der Waals surface area contributed by atoms with E-state index in [0.29, 0.717) is 17.2 Å². The van der Waals surface area contributed by atoms with E-state index in [2.05, 4.69) is 5.32 Å². The molecule has 2 amide bonds. The molecular formula is C21H23FN2O6. The maximum atomic E-state index is 13.9. The number of methoxy groups -OCH3 is 3. The summed E-state index contributed by atoms with van der Waals surface area (Å²) in [6.45, 7) is 0.0844. The van der Waals surface area contributed by atoms with Gasteiger partial charge in [0.15, 0.2) is 11.6 Å². The minimum Gasteiger partial charge on any atom is -0.497 e. The Morgan fingerprint density at radius 1 is 1.07 bits per heavy atom. The quantitative estimate of drug-likeness (QED) is 0.726. The van der Waals surface area contributed by atoms with Crippen LogP contribution in [0.15, 0.2) is 42.5 Å². The molecule has 3 rings (SSSR count). The third-order valence-electron chi connectivity index (χ3n) is 4.73. The number of carbonyl (C=O) groups is 2. The second kappa shape index (κ2) is 9.34. The number of hydrogen-bond acceptors (Lipinski definition) is 6. The average Bonchev–Trinajstić information content (AvgIpc) is 3.18. The van der Waals surface area contributed by atoms with Crippen LogP contribution >= 0.6 is 0 Å². The van der Waals surface area contributed by atoms with Gasteiger partial charge in [0, 0.05) is 30.3 Å².